The fraction of sp³-hybridized carbons (Fsp3) is 0.175. The molecule has 0 unspecified atom stereocenters. The topological polar surface area (TPSA) is 47.6 Å². The van der Waals surface area contributed by atoms with E-state index in [4.69, 9.17) is 0 Å². The Morgan fingerprint density at radius 3 is 1.32 bits per heavy atom. The number of aromatic hydroxyl groups is 2. The van der Waals surface area contributed by atoms with Crippen molar-refractivity contribution >= 4 is 17.1 Å². The second-order valence-corrected chi connectivity index (χ2v) is 17.5. The maximum atomic E-state index is 10.5. The summed E-state index contributed by atoms with van der Waals surface area (Å²) in [4.78, 5) is 2.31. The first kappa shape index (κ1) is 45.3. The maximum absolute atomic E-state index is 10.5. The summed E-state index contributed by atoms with van der Waals surface area (Å²) in [6.07, 6.45) is 2.20. The molecule has 314 valence electrons. The zero-order valence-corrected chi connectivity index (χ0v) is 37.8. The summed E-state index contributed by atoms with van der Waals surface area (Å²) >= 11 is 0. The second kappa shape index (κ2) is 18.8. The number of anilines is 3. The molecule has 1 aromatic heterocycles. The van der Waals surface area contributed by atoms with Crippen LogP contribution in [0, 0.1) is 12.1 Å². The van der Waals surface area contributed by atoms with E-state index in [2.05, 4.69) is 191 Å². The Balaban J connectivity index is 0.000000206. The van der Waals surface area contributed by atoms with Gasteiger partial charge in [0.2, 0.25) is 5.69 Å². The molecule has 0 fully saturated rings. The van der Waals surface area contributed by atoms with Gasteiger partial charge < -0.3 is 15.1 Å². The smallest absolute Gasteiger partial charge is 0.515 e. The number of para-hydroxylation sites is 4. The third kappa shape index (κ3) is 9.78. The van der Waals surface area contributed by atoms with Crippen molar-refractivity contribution in [3.05, 3.63) is 205 Å². The minimum absolute atomic E-state index is 0. The number of pyridine rings is 1. The summed E-state index contributed by atoms with van der Waals surface area (Å²) in [5.74, 6) is 0.469. The summed E-state index contributed by atoms with van der Waals surface area (Å²) in [5, 5.41) is 21.1. The Kier molecular flexibility index (Phi) is 13.7. The van der Waals surface area contributed by atoms with Crippen molar-refractivity contribution in [2.75, 3.05) is 4.90 Å². The van der Waals surface area contributed by atoms with E-state index in [1.807, 2.05) is 36.4 Å². The van der Waals surface area contributed by atoms with Gasteiger partial charge in [-0.25, -0.2) is 0 Å². The number of hydrogen-bond donors (Lipinski definition) is 2. The molecule has 1 aliphatic rings. The van der Waals surface area contributed by atoms with Gasteiger partial charge in [-0.15, -0.1) is 34.4 Å². The van der Waals surface area contributed by atoms with E-state index >= 15 is 0 Å². The van der Waals surface area contributed by atoms with Gasteiger partial charge in [0, 0.05) is 29.1 Å². The van der Waals surface area contributed by atoms with E-state index in [-0.39, 0.29) is 50.8 Å². The number of fused-ring (bicyclic) bond motifs is 3. The summed E-state index contributed by atoms with van der Waals surface area (Å²) < 4.78 is 2.32. The van der Waals surface area contributed by atoms with Crippen LogP contribution >= 0.6 is 0 Å². The third-order valence-corrected chi connectivity index (χ3v) is 11.1. The van der Waals surface area contributed by atoms with Crippen molar-refractivity contribution in [3.63, 3.8) is 0 Å². The predicted molar refractivity (Wildman–Crippen MR) is 254 cm³/mol. The molecular formula is C57H55N2O2Pt+. The second-order valence-electron chi connectivity index (χ2n) is 17.5. The molecule has 9 rings (SSSR count). The van der Waals surface area contributed by atoms with Gasteiger partial charge in [-0.3, -0.25) is 0 Å². The SMILES string of the molecule is C.CC(C)(C)c1cc(-c2[c-]c(-c3ccccc3O)cc(C(C)(C)C)c2)[c-]c(-c2ccccc2O)c1.[Pt+2].c1ccc(N(c2ccccc2)c2cc[n+]3c(c2)-c2ccccc2C3)cc1. The molecule has 0 saturated carbocycles. The molecule has 8 aromatic rings. The molecule has 0 atom stereocenters. The number of benzene rings is 7. The Bertz CT molecular complexity index is 2640. The van der Waals surface area contributed by atoms with Crippen molar-refractivity contribution in [1.82, 2.24) is 0 Å². The van der Waals surface area contributed by atoms with Gasteiger partial charge in [-0.2, -0.15) is 40.0 Å². The standard InChI is InChI=1S/C32H32O2.C24H19N2.CH4.Pt/c1-31(2,3)25-17-21(15-23(19-25)27-11-7-9-13-29(27)33)22-16-24(20-26(18-22)32(4,5)6)28-12-8-10-14-30(28)34;1-3-10-20(11-4-1)26(21-12-5-2-6-13-21)22-15-16-25-18-19-9-7-8-14-23(19)24(25)17-22;;/h7-14,17-20,33-34H,1-6H3;1-17H,18H2;1H4;/q-2;+1;;+2. The van der Waals surface area contributed by atoms with Crippen LogP contribution in [0.1, 0.15) is 65.7 Å². The zero-order chi connectivity index (χ0) is 42.0. The van der Waals surface area contributed by atoms with E-state index in [9.17, 15) is 10.2 Å². The van der Waals surface area contributed by atoms with Crippen molar-refractivity contribution in [3.8, 4) is 56.1 Å². The Hall–Kier alpha value is -6.22. The molecule has 0 amide bonds. The van der Waals surface area contributed by atoms with Crippen LogP contribution in [0.5, 0.6) is 11.5 Å². The fourth-order valence-corrected chi connectivity index (χ4v) is 7.71. The van der Waals surface area contributed by atoms with Crippen molar-refractivity contribution in [1.29, 1.82) is 0 Å². The van der Waals surface area contributed by atoms with Crippen LogP contribution in [0.25, 0.3) is 44.6 Å². The molecule has 5 heteroatoms. The molecule has 0 spiro atoms. The quantitative estimate of drug-likeness (QED) is 0.129. The largest absolute Gasteiger partial charge is 2.00 e. The number of phenols is 2. The van der Waals surface area contributed by atoms with Gasteiger partial charge in [-0.1, -0.05) is 140 Å². The summed E-state index contributed by atoms with van der Waals surface area (Å²) in [7, 11) is 0. The summed E-state index contributed by atoms with van der Waals surface area (Å²) in [5.41, 5.74) is 14.6. The first-order chi connectivity index (χ1) is 28.8. The van der Waals surface area contributed by atoms with E-state index in [1.165, 1.54) is 22.5 Å². The third-order valence-electron chi connectivity index (χ3n) is 11.1. The van der Waals surface area contributed by atoms with Crippen LogP contribution < -0.4 is 9.47 Å². The predicted octanol–water partition coefficient (Wildman–Crippen LogP) is 14.4. The van der Waals surface area contributed by atoms with E-state index in [0.717, 1.165) is 62.4 Å². The van der Waals surface area contributed by atoms with Crippen LogP contribution in [-0.4, -0.2) is 10.2 Å². The van der Waals surface area contributed by atoms with Crippen molar-refractivity contribution in [2.45, 2.75) is 66.3 Å². The van der Waals surface area contributed by atoms with Crippen LogP contribution in [0.2, 0.25) is 0 Å². The Labute approximate surface area is 383 Å². The molecule has 7 aromatic carbocycles. The molecule has 4 nitrogen and oxygen atoms in total. The van der Waals surface area contributed by atoms with Crippen LogP contribution in [0.15, 0.2) is 176 Å². The van der Waals surface area contributed by atoms with Crippen LogP contribution in [0.3, 0.4) is 0 Å². The van der Waals surface area contributed by atoms with Gasteiger partial charge >= 0.3 is 21.1 Å². The van der Waals surface area contributed by atoms with Gasteiger partial charge in [0.1, 0.15) is 0 Å². The number of rotatable bonds is 6. The first-order valence-electron chi connectivity index (χ1n) is 20.6. The number of nitrogens with zero attached hydrogens (tertiary/aromatic N) is 2. The van der Waals surface area contributed by atoms with E-state index in [0.29, 0.717) is 0 Å². The molecule has 1 aliphatic heterocycles. The summed E-state index contributed by atoms with van der Waals surface area (Å²) in [6, 6.07) is 64.6. The van der Waals surface area contributed by atoms with Crippen LogP contribution in [-0.2, 0) is 38.4 Å². The normalized spacial score (nSPS) is 11.5. The molecular weight excluding hydrogens is 940 g/mol. The van der Waals surface area contributed by atoms with Crippen molar-refractivity contribution < 1.29 is 35.8 Å². The van der Waals surface area contributed by atoms with E-state index in [1.54, 1.807) is 12.1 Å². The average Bonchev–Trinajstić information content (AvgIpc) is 3.62. The van der Waals surface area contributed by atoms with Gasteiger partial charge in [-0.05, 0) is 64.4 Å². The van der Waals surface area contributed by atoms with Crippen LogP contribution in [0.4, 0.5) is 17.1 Å². The fourth-order valence-electron chi connectivity index (χ4n) is 7.71. The number of hydrogen-bond acceptors (Lipinski definition) is 3. The van der Waals surface area contributed by atoms with Gasteiger partial charge in [0.25, 0.3) is 0 Å². The number of aromatic nitrogens is 1. The molecule has 62 heavy (non-hydrogen) atoms. The van der Waals surface area contributed by atoms with Gasteiger partial charge in [0.05, 0.1) is 22.7 Å². The average molecular weight is 995 g/mol. The van der Waals surface area contributed by atoms with Crippen molar-refractivity contribution in [2.24, 2.45) is 0 Å². The summed E-state index contributed by atoms with van der Waals surface area (Å²) in [6.45, 7) is 14.1. The molecule has 0 radical (unpaired) electrons. The Morgan fingerprint density at radius 1 is 0.468 bits per heavy atom. The minimum atomic E-state index is -0.0921. The van der Waals surface area contributed by atoms with Gasteiger partial charge in [0.15, 0.2) is 12.7 Å². The minimum Gasteiger partial charge on any atom is -0.515 e. The monoisotopic (exact) mass is 994 g/mol. The molecule has 2 heterocycles. The first-order valence-corrected chi connectivity index (χ1v) is 20.6. The van der Waals surface area contributed by atoms with E-state index < -0.39 is 0 Å². The Morgan fingerprint density at radius 2 is 0.871 bits per heavy atom. The molecule has 0 saturated heterocycles. The molecule has 0 bridgehead atoms. The maximum Gasteiger partial charge on any atom is 2.00 e. The molecule has 2 N–H and O–H groups in total. The number of phenolic OH excluding ortho intramolecular Hbond substituents is 2. The zero-order valence-electron chi connectivity index (χ0n) is 35.6. The molecule has 0 aliphatic carbocycles.